The molecule has 0 spiro atoms. The minimum atomic E-state index is -4.59. The van der Waals surface area contributed by atoms with Gasteiger partial charge < -0.3 is 10.1 Å². The van der Waals surface area contributed by atoms with Crippen molar-refractivity contribution in [3.05, 3.63) is 42.2 Å². The number of carbonyl (C=O) groups excluding carboxylic acids is 1. The molecular weight excluding hydrogens is 323 g/mol. The molecule has 1 saturated heterocycles. The second kappa shape index (κ2) is 6.27. The van der Waals surface area contributed by atoms with E-state index in [1.54, 1.807) is 12.3 Å². The van der Waals surface area contributed by atoms with Crippen molar-refractivity contribution >= 4 is 11.6 Å². The number of amides is 1. The second-order valence-corrected chi connectivity index (χ2v) is 5.74. The number of hydrogen-bond donors (Lipinski definition) is 1. The van der Waals surface area contributed by atoms with Crippen LogP contribution in [0.2, 0.25) is 0 Å². The van der Waals surface area contributed by atoms with E-state index in [0.717, 1.165) is 6.07 Å². The molecule has 1 aliphatic heterocycles. The first-order valence-electron chi connectivity index (χ1n) is 7.48. The van der Waals surface area contributed by atoms with E-state index in [9.17, 15) is 18.0 Å². The highest BCUT2D eigenvalue weighted by Crippen LogP contribution is 2.36. The molecule has 3 rings (SSSR count). The molecule has 0 radical (unpaired) electrons. The van der Waals surface area contributed by atoms with E-state index in [0.29, 0.717) is 6.42 Å². The number of nitrogens with zero attached hydrogens (tertiary/aromatic N) is 2. The number of rotatable bonds is 3. The fraction of sp³-hybridized carbons (Fsp3) is 0.375. The molecule has 1 amide bonds. The molecule has 1 fully saturated rings. The van der Waals surface area contributed by atoms with E-state index in [2.05, 4.69) is 10.4 Å². The minimum absolute atomic E-state index is 0.0648. The van der Waals surface area contributed by atoms with Gasteiger partial charge in [-0.3, -0.25) is 4.79 Å². The van der Waals surface area contributed by atoms with Crippen LogP contribution >= 0.6 is 0 Å². The van der Waals surface area contributed by atoms with Gasteiger partial charge in [0.1, 0.15) is 0 Å². The zero-order chi connectivity index (χ0) is 17.3. The van der Waals surface area contributed by atoms with E-state index in [1.165, 1.54) is 23.0 Å². The molecule has 1 aromatic heterocycles. The molecule has 8 heteroatoms. The summed E-state index contributed by atoms with van der Waals surface area (Å²) >= 11 is 0. The van der Waals surface area contributed by atoms with E-state index in [1.807, 2.05) is 6.92 Å². The molecule has 128 valence electrons. The molecule has 1 aliphatic rings. The third kappa shape index (κ3) is 3.43. The number of benzene rings is 1. The van der Waals surface area contributed by atoms with Crippen molar-refractivity contribution in [2.75, 3.05) is 11.9 Å². The predicted octanol–water partition coefficient (Wildman–Crippen LogP) is 3.25. The summed E-state index contributed by atoms with van der Waals surface area (Å²) in [4.78, 5) is 12.2. The van der Waals surface area contributed by atoms with Gasteiger partial charge in [0, 0.05) is 12.4 Å². The normalized spacial score (nSPS) is 21.0. The molecule has 0 unspecified atom stereocenters. The van der Waals surface area contributed by atoms with E-state index in [4.69, 9.17) is 4.74 Å². The fourth-order valence-corrected chi connectivity index (χ4v) is 2.67. The number of carbonyl (C=O) groups is 1. The summed E-state index contributed by atoms with van der Waals surface area (Å²) < 4.78 is 46.7. The van der Waals surface area contributed by atoms with Crippen molar-refractivity contribution in [1.82, 2.24) is 9.78 Å². The summed E-state index contributed by atoms with van der Waals surface area (Å²) in [6.07, 6.45) is -1.14. The summed E-state index contributed by atoms with van der Waals surface area (Å²) in [5.74, 6) is -0.899. The van der Waals surface area contributed by atoms with Gasteiger partial charge >= 0.3 is 6.18 Å². The van der Waals surface area contributed by atoms with Crippen molar-refractivity contribution in [2.45, 2.75) is 25.6 Å². The van der Waals surface area contributed by atoms with Crippen LogP contribution in [0.5, 0.6) is 0 Å². The van der Waals surface area contributed by atoms with Crippen molar-refractivity contribution in [3.63, 3.8) is 0 Å². The van der Waals surface area contributed by atoms with Crippen LogP contribution in [0.4, 0.5) is 18.9 Å². The van der Waals surface area contributed by atoms with Crippen LogP contribution in [0, 0.1) is 5.92 Å². The number of nitrogens with one attached hydrogen (secondary N) is 1. The molecule has 2 heterocycles. The van der Waals surface area contributed by atoms with Gasteiger partial charge in [-0.05, 0) is 37.6 Å². The van der Waals surface area contributed by atoms with Gasteiger partial charge in [-0.25, -0.2) is 4.68 Å². The number of alkyl halides is 3. The van der Waals surface area contributed by atoms with Gasteiger partial charge in [0.2, 0.25) is 5.91 Å². The van der Waals surface area contributed by atoms with Gasteiger partial charge in [-0.15, -0.1) is 0 Å². The maximum Gasteiger partial charge on any atom is 0.418 e. The fourth-order valence-electron chi connectivity index (χ4n) is 2.67. The number of hydrogen-bond acceptors (Lipinski definition) is 3. The first-order chi connectivity index (χ1) is 11.3. The molecule has 1 aromatic carbocycles. The molecule has 0 bridgehead atoms. The third-order valence-electron chi connectivity index (χ3n) is 3.90. The molecule has 0 aliphatic carbocycles. The van der Waals surface area contributed by atoms with Crippen LogP contribution in [0.25, 0.3) is 5.69 Å². The predicted molar refractivity (Wildman–Crippen MR) is 80.7 cm³/mol. The van der Waals surface area contributed by atoms with E-state index < -0.39 is 23.6 Å². The van der Waals surface area contributed by atoms with Crippen molar-refractivity contribution < 1.29 is 22.7 Å². The zero-order valence-electron chi connectivity index (χ0n) is 12.9. The Morgan fingerprint density at radius 3 is 2.79 bits per heavy atom. The lowest BCUT2D eigenvalue weighted by molar-refractivity contribution is -0.137. The molecule has 1 N–H and O–H groups in total. The molecular formula is C16H16F3N3O2. The maximum atomic E-state index is 13.4. The number of ether oxygens (including phenoxy) is 1. The maximum absolute atomic E-state index is 13.4. The average molecular weight is 339 g/mol. The Hall–Kier alpha value is -2.35. The van der Waals surface area contributed by atoms with Crippen LogP contribution in [0.3, 0.4) is 0 Å². The Morgan fingerprint density at radius 2 is 2.21 bits per heavy atom. The van der Waals surface area contributed by atoms with Gasteiger partial charge in [-0.2, -0.15) is 18.3 Å². The highest BCUT2D eigenvalue weighted by Gasteiger charge is 2.36. The summed E-state index contributed by atoms with van der Waals surface area (Å²) in [5, 5.41) is 6.30. The summed E-state index contributed by atoms with van der Waals surface area (Å²) in [6, 6.07) is 5.31. The Bertz CT molecular complexity index is 729. The lowest BCUT2D eigenvalue weighted by atomic mass is 10.0. The first-order valence-corrected chi connectivity index (χ1v) is 7.48. The Kier molecular flexibility index (Phi) is 4.31. The van der Waals surface area contributed by atoms with Crippen LogP contribution in [0.15, 0.2) is 36.7 Å². The van der Waals surface area contributed by atoms with E-state index in [-0.39, 0.29) is 24.1 Å². The standard InChI is InChI=1S/C16H16F3N3O2/c1-10-7-11(9-24-10)15(23)21-14-4-3-12(22-6-2-5-20-22)8-13(14)16(17,18)19/h2-6,8,10-11H,7,9H2,1H3,(H,21,23)/t10-,11-/m0/s1. The second-order valence-electron chi connectivity index (χ2n) is 5.74. The Morgan fingerprint density at radius 1 is 1.42 bits per heavy atom. The molecule has 24 heavy (non-hydrogen) atoms. The van der Waals surface area contributed by atoms with Gasteiger partial charge in [0.05, 0.1) is 35.6 Å². The smallest absolute Gasteiger partial charge is 0.378 e. The molecule has 5 nitrogen and oxygen atoms in total. The van der Waals surface area contributed by atoms with Crippen LogP contribution in [-0.2, 0) is 15.7 Å². The third-order valence-corrected chi connectivity index (χ3v) is 3.90. The quantitative estimate of drug-likeness (QED) is 0.934. The summed E-state index contributed by atoms with van der Waals surface area (Å²) in [5.41, 5.74) is -0.901. The SMILES string of the molecule is C[C@H]1C[C@H](C(=O)Nc2ccc(-n3cccn3)cc2C(F)(F)F)CO1. The molecule has 2 aromatic rings. The minimum Gasteiger partial charge on any atom is -0.378 e. The summed E-state index contributed by atoms with van der Waals surface area (Å²) in [7, 11) is 0. The van der Waals surface area contributed by atoms with Crippen LogP contribution in [-0.4, -0.2) is 28.4 Å². The summed E-state index contributed by atoms with van der Waals surface area (Å²) in [6.45, 7) is 2.05. The van der Waals surface area contributed by atoms with E-state index >= 15 is 0 Å². The zero-order valence-corrected chi connectivity index (χ0v) is 12.9. The first kappa shape index (κ1) is 16.5. The monoisotopic (exact) mass is 339 g/mol. The highest BCUT2D eigenvalue weighted by atomic mass is 19.4. The molecule has 2 atom stereocenters. The lowest BCUT2D eigenvalue weighted by Crippen LogP contribution is -2.25. The Labute approximate surface area is 136 Å². The lowest BCUT2D eigenvalue weighted by Gasteiger charge is -2.17. The number of aromatic nitrogens is 2. The Balaban J connectivity index is 1.88. The molecule has 0 saturated carbocycles. The van der Waals surface area contributed by atoms with Crippen molar-refractivity contribution in [2.24, 2.45) is 5.92 Å². The van der Waals surface area contributed by atoms with Gasteiger partial charge in [0.25, 0.3) is 0 Å². The highest BCUT2D eigenvalue weighted by molar-refractivity contribution is 5.93. The topological polar surface area (TPSA) is 56.2 Å². The van der Waals surface area contributed by atoms with Crippen molar-refractivity contribution in [3.8, 4) is 5.69 Å². The largest absolute Gasteiger partial charge is 0.418 e. The number of anilines is 1. The van der Waals surface area contributed by atoms with Gasteiger partial charge in [0.15, 0.2) is 0 Å². The average Bonchev–Trinajstić information content (AvgIpc) is 3.18. The number of halogens is 3. The van der Waals surface area contributed by atoms with Crippen LogP contribution in [0.1, 0.15) is 18.9 Å². The van der Waals surface area contributed by atoms with Crippen LogP contribution < -0.4 is 5.32 Å². The van der Waals surface area contributed by atoms with Crippen molar-refractivity contribution in [1.29, 1.82) is 0 Å². The van der Waals surface area contributed by atoms with Gasteiger partial charge in [-0.1, -0.05) is 0 Å².